The number of rotatable bonds is 4. The van der Waals surface area contributed by atoms with Gasteiger partial charge in [0.15, 0.2) is 0 Å². The van der Waals surface area contributed by atoms with E-state index >= 15 is 0 Å². The molecule has 2 aromatic rings. The maximum atomic E-state index is 9.79. The van der Waals surface area contributed by atoms with E-state index < -0.39 is 0 Å². The zero-order valence-electron chi connectivity index (χ0n) is 11.8. The highest BCUT2D eigenvalue weighted by Gasteiger charge is 2.20. The van der Waals surface area contributed by atoms with Crippen LogP contribution in [-0.4, -0.2) is 5.11 Å². The van der Waals surface area contributed by atoms with Crippen LogP contribution in [0.25, 0.3) is 0 Å². The first kappa shape index (κ1) is 13.2. The van der Waals surface area contributed by atoms with Crippen molar-refractivity contribution in [3.63, 3.8) is 0 Å². The van der Waals surface area contributed by atoms with Gasteiger partial charge in [-0.15, -0.1) is 0 Å². The monoisotopic (exact) mass is 268 g/mol. The lowest BCUT2D eigenvalue weighted by Crippen LogP contribution is -1.97. The van der Waals surface area contributed by atoms with Gasteiger partial charge >= 0.3 is 0 Å². The lowest BCUT2D eigenvalue weighted by atomic mass is 10.1. The molecule has 3 rings (SSSR count). The second-order valence-electron chi connectivity index (χ2n) is 5.37. The molecule has 1 aliphatic rings. The summed E-state index contributed by atoms with van der Waals surface area (Å²) < 4.78 is 5.84. The van der Waals surface area contributed by atoms with E-state index in [-0.39, 0.29) is 6.10 Å². The van der Waals surface area contributed by atoms with Gasteiger partial charge in [0, 0.05) is 0 Å². The zero-order valence-corrected chi connectivity index (χ0v) is 11.8. The molecule has 0 aliphatic heterocycles. The zero-order chi connectivity index (χ0) is 13.9. The number of aliphatic hydroxyl groups excluding tert-OH is 1. The third kappa shape index (κ3) is 2.70. The summed E-state index contributed by atoms with van der Waals surface area (Å²) >= 11 is 0. The standard InChI is InChI=1S/C18H20O2/c1-2-13-3-5-14(6-4-13)12-20-16-8-9-17-15(11-16)7-10-18(17)19/h3-6,8-9,11,18-19H,2,7,10,12H2,1H3/t18-/m1/s1. The predicted octanol–water partition coefficient (Wildman–Crippen LogP) is 3.81. The molecule has 0 saturated carbocycles. The van der Waals surface area contributed by atoms with Gasteiger partial charge in [0.05, 0.1) is 6.10 Å². The number of aliphatic hydroxyl groups is 1. The van der Waals surface area contributed by atoms with E-state index in [2.05, 4.69) is 37.3 Å². The van der Waals surface area contributed by atoms with Gasteiger partial charge in [-0.1, -0.05) is 37.3 Å². The molecule has 0 bridgehead atoms. The fourth-order valence-electron chi connectivity index (χ4n) is 2.70. The molecule has 0 radical (unpaired) electrons. The van der Waals surface area contributed by atoms with E-state index in [1.807, 2.05) is 12.1 Å². The topological polar surface area (TPSA) is 29.5 Å². The molecular weight excluding hydrogens is 248 g/mol. The van der Waals surface area contributed by atoms with Crippen molar-refractivity contribution in [2.24, 2.45) is 0 Å². The highest BCUT2D eigenvalue weighted by Crippen LogP contribution is 2.33. The SMILES string of the molecule is CCc1ccc(COc2ccc3c(c2)CC[C@H]3O)cc1. The highest BCUT2D eigenvalue weighted by molar-refractivity contribution is 5.40. The van der Waals surface area contributed by atoms with Crippen LogP contribution < -0.4 is 4.74 Å². The minimum absolute atomic E-state index is 0.291. The van der Waals surface area contributed by atoms with Crippen LogP contribution in [0.4, 0.5) is 0 Å². The number of hydrogen-bond acceptors (Lipinski definition) is 2. The minimum Gasteiger partial charge on any atom is -0.489 e. The molecule has 20 heavy (non-hydrogen) atoms. The van der Waals surface area contributed by atoms with Crippen LogP contribution in [0.3, 0.4) is 0 Å². The van der Waals surface area contributed by atoms with Gasteiger partial charge in [0.25, 0.3) is 0 Å². The van der Waals surface area contributed by atoms with Gasteiger partial charge in [-0.25, -0.2) is 0 Å². The van der Waals surface area contributed by atoms with Crippen LogP contribution in [-0.2, 0) is 19.4 Å². The summed E-state index contributed by atoms with van der Waals surface area (Å²) in [5.41, 5.74) is 4.81. The van der Waals surface area contributed by atoms with E-state index in [9.17, 15) is 5.11 Å². The second-order valence-corrected chi connectivity index (χ2v) is 5.37. The van der Waals surface area contributed by atoms with E-state index in [0.29, 0.717) is 6.61 Å². The average molecular weight is 268 g/mol. The van der Waals surface area contributed by atoms with Crippen molar-refractivity contribution in [2.75, 3.05) is 0 Å². The summed E-state index contributed by atoms with van der Waals surface area (Å²) in [4.78, 5) is 0. The quantitative estimate of drug-likeness (QED) is 0.913. The Labute approximate surface area is 120 Å². The van der Waals surface area contributed by atoms with Gasteiger partial charge in [-0.05, 0) is 53.6 Å². The Kier molecular flexibility index (Phi) is 3.75. The van der Waals surface area contributed by atoms with Crippen LogP contribution in [0.5, 0.6) is 5.75 Å². The summed E-state index contributed by atoms with van der Waals surface area (Å²) in [5.74, 6) is 0.886. The predicted molar refractivity (Wildman–Crippen MR) is 79.9 cm³/mol. The van der Waals surface area contributed by atoms with Gasteiger partial charge in [0.1, 0.15) is 12.4 Å². The first-order valence-electron chi connectivity index (χ1n) is 7.28. The van der Waals surface area contributed by atoms with Crippen LogP contribution in [0.2, 0.25) is 0 Å². The molecule has 0 heterocycles. The van der Waals surface area contributed by atoms with Crippen molar-refractivity contribution in [3.8, 4) is 5.75 Å². The number of fused-ring (bicyclic) bond motifs is 1. The molecule has 0 spiro atoms. The molecule has 0 unspecified atom stereocenters. The van der Waals surface area contributed by atoms with E-state index in [0.717, 1.165) is 30.6 Å². The van der Waals surface area contributed by atoms with Gasteiger partial charge in [-0.3, -0.25) is 0 Å². The van der Waals surface area contributed by atoms with E-state index in [4.69, 9.17) is 4.74 Å². The van der Waals surface area contributed by atoms with Crippen molar-refractivity contribution in [2.45, 2.75) is 38.9 Å². The lowest BCUT2D eigenvalue weighted by molar-refractivity contribution is 0.180. The van der Waals surface area contributed by atoms with E-state index in [1.54, 1.807) is 0 Å². The molecule has 0 saturated heterocycles. The summed E-state index contributed by atoms with van der Waals surface area (Å²) in [7, 11) is 0. The van der Waals surface area contributed by atoms with E-state index in [1.165, 1.54) is 16.7 Å². The normalized spacial score (nSPS) is 17.0. The molecule has 0 fully saturated rings. The van der Waals surface area contributed by atoms with Crippen LogP contribution in [0.1, 0.15) is 41.7 Å². The van der Waals surface area contributed by atoms with Crippen molar-refractivity contribution >= 4 is 0 Å². The molecule has 104 valence electrons. The summed E-state index contributed by atoms with van der Waals surface area (Å²) in [6, 6.07) is 14.5. The molecule has 1 N–H and O–H groups in total. The molecule has 2 nitrogen and oxygen atoms in total. The summed E-state index contributed by atoms with van der Waals surface area (Å²) in [6.45, 7) is 2.75. The molecule has 2 aromatic carbocycles. The minimum atomic E-state index is -0.291. The summed E-state index contributed by atoms with van der Waals surface area (Å²) in [6.07, 6.45) is 2.55. The first-order chi connectivity index (χ1) is 9.76. The summed E-state index contributed by atoms with van der Waals surface area (Å²) in [5, 5.41) is 9.79. The second kappa shape index (κ2) is 5.68. The van der Waals surface area contributed by atoms with Crippen LogP contribution in [0.15, 0.2) is 42.5 Å². The van der Waals surface area contributed by atoms with Crippen molar-refractivity contribution < 1.29 is 9.84 Å². The molecular formula is C18H20O2. The van der Waals surface area contributed by atoms with Crippen LogP contribution in [0, 0.1) is 0 Å². The lowest BCUT2D eigenvalue weighted by Gasteiger charge is -2.09. The Balaban J connectivity index is 1.66. The smallest absolute Gasteiger partial charge is 0.120 e. The fourth-order valence-corrected chi connectivity index (χ4v) is 2.70. The highest BCUT2D eigenvalue weighted by atomic mass is 16.5. The first-order valence-corrected chi connectivity index (χ1v) is 7.28. The Bertz CT molecular complexity index is 587. The third-order valence-electron chi connectivity index (χ3n) is 4.00. The molecule has 0 aromatic heterocycles. The molecule has 1 atom stereocenters. The third-order valence-corrected chi connectivity index (χ3v) is 4.00. The molecule has 1 aliphatic carbocycles. The largest absolute Gasteiger partial charge is 0.489 e. The number of ether oxygens (including phenoxy) is 1. The maximum Gasteiger partial charge on any atom is 0.120 e. The van der Waals surface area contributed by atoms with Crippen molar-refractivity contribution in [1.29, 1.82) is 0 Å². The number of benzene rings is 2. The Hall–Kier alpha value is -1.80. The van der Waals surface area contributed by atoms with Gasteiger partial charge in [-0.2, -0.15) is 0 Å². The molecule has 0 amide bonds. The van der Waals surface area contributed by atoms with Crippen molar-refractivity contribution in [3.05, 3.63) is 64.7 Å². The number of hydrogen-bond donors (Lipinski definition) is 1. The van der Waals surface area contributed by atoms with Crippen molar-refractivity contribution in [1.82, 2.24) is 0 Å². The Morgan fingerprint density at radius 1 is 1.10 bits per heavy atom. The number of aryl methyl sites for hydroxylation is 2. The Morgan fingerprint density at radius 2 is 1.85 bits per heavy atom. The van der Waals surface area contributed by atoms with Crippen LogP contribution >= 0.6 is 0 Å². The van der Waals surface area contributed by atoms with Gasteiger partial charge < -0.3 is 9.84 Å². The fraction of sp³-hybridized carbons (Fsp3) is 0.333. The molecule has 2 heteroatoms. The average Bonchev–Trinajstić information content (AvgIpc) is 2.87. The Morgan fingerprint density at radius 3 is 2.60 bits per heavy atom. The van der Waals surface area contributed by atoms with Gasteiger partial charge in [0.2, 0.25) is 0 Å². The maximum absolute atomic E-state index is 9.79.